The monoisotopic (exact) mass is 781 g/mol. The van der Waals surface area contributed by atoms with E-state index in [0.717, 1.165) is 78.5 Å². The topological polar surface area (TPSA) is 159 Å². The van der Waals surface area contributed by atoms with Gasteiger partial charge in [-0.05, 0) is 43.5 Å². The van der Waals surface area contributed by atoms with Crippen molar-refractivity contribution in [1.82, 2.24) is 34.5 Å². The second kappa shape index (κ2) is 18.1. The number of thiazole rings is 1. The van der Waals surface area contributed by atoms with Crippen LogP contribution in [0.3, 0.4) is 0 Å². The maximum Gasteiger partial charge on any atom is 0.264 e. The normalized spacial score (nSPS) is 14.8. The number of nitrogens with one attached hydrogen (secondary N) is 1. The Morgan fingerprint density at radius 3 is 2.56 bits per heavy atom. The average Bonchev–Trinajstić information content (AvgIpc) is 4.03. The van der Waals surface area contributed by atoms with Crippen LogP contribution in [0.2, 0.25) is 0 Å². The summed E-state index contributed by atoms with van der Waals surface area (Å²) in [7, 11) is 1.72. The van der Waals surface area contributed by atoms with Crippen molar-refractivity contribution in [2.24, 2.45) is 5.92 Å². The molecule has 13 nitrogen and oxygen atoms in total. The van der Waals surface area contributed by atoms with Crippen LogP contribution in [-0.4, -0.2) is 73.0 Å². The summed E-state index contributed by atoms with van der Waals surface area (Å²) in [6, 6.07) is 9.97. The van der Waals surface area contributed by atoms with Gasteiger partial charge >= 0.3 is 0 Å². The van der Waals surface area contributed by atoms with Crippen LogP contribution in [0.25, 0.3) is 17.2 Å². The van der Waals surface area contributed by atoms with Gasteiger partial charge in [0.1, 0.15) is 23.7 Å². The number of anilines is 1. The van der Waals surface area contributed by atoms with E-state index in [1.807, 2.05) is 41.2 Å². The molecule has 5 aromatic rings. The zero-order chi connectivity index (χ0) is 39.0. The van der Waals surface area contributed by atoms with Crippen LogP contribution < -0.4 is 5.32 Å². The lowest BCUT2D eigenvalue weighted by Crippen LogP contribution is -2.39. The highest BCUT2D eigenvalue weighted by atomic mass is 32.2. The van der Waals surface area contributed by atoms with Crippen molar-refractivity contribution in [3.8, 4) is 17.2 Å². The first-order valence-corrected chi connectivity index (χ1v) is 20.3. The predicted octanol–water partition coefficient (Wildman–Crippen LogP) is 7.83. The van der Waals surface area contributed by atoms with Gasteiger partial charge in [0.05, 0.1) is 47.3 Å². The van der Waals surface area contributed by atoms with E-state index in [1.54, 1.807) is 36.1 Å². The molecule has 1 atom stereocenters. The quantitative estimate of drug-likeness (QED) is 0.0627. The first kappa shape index (κ1) is 39.6. The Kier molecular flexibility index (Phi) is 13.0. The average molecular weight is 782 g/mol. The Bertz CT molecular complexity index is 2100. The third-order valence-electron chi connectivity index (χ3n) is 9.63. The van der Waals surface area contributed by atoms with E-state index in [4.69, 9.17) is 8.83 Å². The van der Waals surface area contributed by atoms with E-state index >= 15 is 0 Å². The Morgan fingerprint density at radius 2 is 1.89 bits per heavy atom. The predicted molar refractivity (Wildman–Crippen MR) is 213 cm³/mol. The molecule has 0 spiro atoms. The fourth-order valence-corrected chi connectivity index (χ4v) is 8.13. The molecule has 15 heteroatoms. The minimum absolute atomic E-state index is 0.0291. The third-order valence-corrected chi connectivity index (χ3v) is 11.7. The van der Waals surface area contributed by atoms with Crippen molar-refractivity contribution in [1.29, 1.82) is 5.26 Å². The van der Waals surface area contributed by atoms with Crippen molar-refractivity contribution < 1.29 is 18.4 Å². The van der Waals surface area contributed by atoms with Crippen LogP contribution in [0.15, 0.2) is 80.1 Å². The number of amides is 2. The van der Waals surface area contributed by atoms with Crippen LogP contribution in [0, 0.1) is 17.2 Å². The first-order valence-electron chi connectivity index (χ1n) is 18.5. The van der Waals surface area contributed by atoms with E-state index in [0.29, 0.717) is 16.8 Å². The minimum Gasteiger partial charge on any atom is -0.445 e. The molecule has 288 valence electrons. The number of likely N-dealkylation sites (tertiary alicyclic amines) is 1. The fraction of sp³-hybridized carbons (Fsp3) is 0.425. The van der Waals surface area contributed by atoms with Gasteiger partial charge in [-0.2, -0.15) is 10.4 Å². The number of piperidine rings is 1. The molecule has 5 heterocycles. The van der Waals surface area contributed by atoms with Gasteiger partial charge in [0.15, 0.2) is 5.13 Å². The van der Waals surface area contributed by atoms with Crippen LogP contribution in [0.5, 0.6) is 0 Å². The number of nitrogens with zero attached hydrogens (tertiary/aromatic N) is 8. The van der Waals surface area contributed by atoms with Crippen molar-refractivity contribution >= 4 is 46.1 Å². The molecular formula is C40H47N9O4S2. The molecule has 4 aromatic heterocycles. The number of aromatic nitrogens is 5. The number of rotatable bonds is 15. The minimum atomic E-state index is -0.383. The number of carbonyl (C=O) groups excluding carboxylic acids is 2. The zero-order valence-electron chi connectivity index (χ0n) is 31.9. The Hall–Kier alpha value is -5.04. The van der Waals surface area contributed by atoms with Crippen LogP contribution >= 0.6 is 23.1 Å². The lowest BCUT2D eigenvalue weighted by atomic mass is 9.94. The summed E-state index contributed by atoms with van der Waals surface area (Å²) >= 11 is 3.07. The van der Waals surface area contributed by atoms with E-state index in [2.05, 4.69) is 64.2 Å². The maximum atomic E-state index is 13.3. The number of hydrogen-bond acceptors (Lipinski definition) is 12. The highest BCUT2D eigenvalue weighted by molar-refractivity contribution is 8.00. The van der Waals surface area contributed by atoms with Gasteiger partial charge in [-0.1, -0.05) is 69.7 Å². The van der Waals surface area contributed by atoms with Crippen molar-refractivity contribution in [3.63, 3.8) is 0 Å². The number of carbonyl (C=O) groups is 2. The molecule has 0 bridgehead atoms. The van der Waals surface area contributed by atoms with Crippen molar-refractivity contribution in [3.05, 3.63) is 90.2 Å². The van der Waals surface area contributed by atoms with Gasteiger partial charge < -0.3 is 24.0 Å². The van der Waals surface area contributed by atoms with Crippen molar-refractivity contribution in [2.75, 3.05) is 32.0 Å². The van der Waals surface area contributed by atoms with Crippen LogP contribution in [-0.2, 0) is 27.3 Å². The second-order valence-corrected chi connectivity index (χ2v) is 16.9. The third kappa shape index (κ3) is 10.4. The van der Waals surface area contributed by atoms with Crippen molar-refractivity contribution in [2.45, 2.75) is 81.3 Å². The molecule has 1 fully saturated rings. The molecule has 1 aromatic carbocycles. The molecule has 1 aliphatic heterocycles. The standard InChI is InChI=1S/C40H47N9O4S2/c1-6-7-32(47(5)38(51)30(21-41)20-34-42-14-19-52-34)28-10-8-27(9-11-28)31-22-45-49(25-31)18-17-48-15-12-29(13-16-48)37(50)46-39-44-24-36(55-39)54-26-35-43-23-33(53-35)40(2,3)4/h8-11,14,19-20,22-25,29,32H,6-7,12-13,15-18,26H2,1-5H3,(H,44,46,50)/b30-20+. The summed E-state index contributed by atoms with van der Waals surface area (Å²) in [4.78, 5) is 43.2. The lowest BCUT2D eigenvalue weighted by molar-refractivity contribution is -0.127. The Balaban J connectivity index is 0.947. The number of thioether (sulfide) groups is 1. The van der Waals surface area contributed by atoms with E-state index in [1.165, 1.54) is 29.9 Å². The molecular weight excluding hydrogens is 735 g/mol. The molecule has 55 heavy (non-hydrogen) atoms. The molecule has 1 saturated heterocycles. The summed E-state index contributed by atoms with van der Waals surface area (Å²) in [5.74, 6) is 1.97. The highest BCUT2D eigenvalue weighted by Crippen LogP contribution is 2.33. The number of nitriles is 1. The van der Waals surface area contributed by atoms with Gasteiger partial charge in [-0.15, -0.1) is 11.8 Å². The van der Waals surface area contributed by atoms with Crippen LogP contribution in [0.4, 0.5) is 5.13 Å². The largest absolute Gasteiger partial charge is 0.445 e. The molecule has 1 unspecified atom stereocenters. The highest BCUT2D eigenvalue weighted by Gasteiger charge is 2.27. The molecule has 2 amide bonds. The molecule has 0 aliphatic carbocycles. The number of hydrogen-bond donors (Lipinski definition) is 1. The lowest BCUT2D eigenvalue weighted by Gasteiger charge is -2.30. The van der Waals surface area contributed by atoms with Gasteiger partial charge in [0.2, 0.25) is 17.7 Å². The summed E-state index contributed by atoms with van der Waals surface area (Å²) in [5.41, 5.74) is 2.92. The molecule has 1 N–H and O–H groups in total. The maximum absolute atomic E-state index is 13.3. The smallest absolute Gasteiger partial charge is 0.264 e. The van der Waals surface area contributed by atoms with Gasteiger partial charge in [-0.25, -0.2) is 15.0 Å². The zero-order valence-corrected chi connectivity index (χ0v) is 33.5. The fourth-order valence-electron chi connectivity index (χ4n) is 6.40. The molecule has 0 saturated carbocycles. The van der Waals surface area contributed by atoms with Crippen LogP contribution in [0.1, 0.15) is 82.5 Å². The second-order valence-electron chi connectivity index (χ2n) is 14.6. The summed E-state index contributed by atoms with van der Waals surface area (Å²) in [6.45, 7) is 11.6. The first-order chi connectivity index (χ1) is 26.5. The number of likely N-dealkylation sites (N-methyl/N-ethyl adjacent to an activating group) is 1. The van der Waals surface area contributed by atoms with E-state index < -0.39 is 0 Å². The Morgan fingerprint density at radius 1 is 1.11 bits per heavy atom. The summed E-state index contributed by atoms with van der Waals surface area (Å²) < 4.78 is 14.1. The van der Waals surface area contributed by atoms with E-state index in [-0.39, 0.29) is 40.7 Å². The number of benzene rings is 1. The SMILES string of the molecule is CCCC(c1ccc(-c2cnn(CCN3CCC(C(=O)Nc4ncc(SCc5ncc(C(C)(C)C)o5)s4)CC3)c2)cc1)N(C)C(=O)/C(C#N)=C/c1ncco1. The summed E-state index contributed by atoms with van der Waals surface area (Å²) in [6.07, 6.45) is 15.0. The number of oxazole rings is 2. The van der Waals surface area contributed by atoms with Gasteiger partial charge in [0.25, 0.3) is 5.91 Å². The molecule has 1 aliphatic rings. The van der Waals surface area contributed by atoms with Gasteiger partial charge in [0, 0.05) is 42.8 Å². The summed E-state index contributed by atoms with van der Waals surface area (Å²) in [5, 5.41) is 17.9. The molecule has 6 rings (SSSR count). The molecule has 0 radical (unpaired) electrons. The Labute approximate surface area is 329 Å². The van der Waals surface area contributed by atoms with Gasteiger partial charge in [-0.3, -0.25) is 14.3 Å². The van der Waals surface area contributed by atoms with E-state index in [9.17, 15) is 14.9 Å².